The highest BCUT2D eigenvalue weighted by molar-refractivity contribution is 5.76. The van der Waals surface area contributed by atoms with E-state index in [0.29, 0.717) is 31.6 Å². The Hall–Kier alpha value is -1.08. The predicted octanol–water partition coefficient (Wildman–Crippen LogP) is 0.889. The highest BCUT2D eigenvalue weighted by Gasteiger charge is 2.23. The van der Waals surface area contributed by atoms with Crippen LogP contribution in [0.3, 0.4) is 0 Å². The number of nitrogens with one attached hydrogen (secondary N) is 1. The second-order valence-corrected chi connectivity index (χ2v) is 4.31. The van der Waals surface area contributed by atoms with Crippen LogP contribution >= 0.6 is 0 Å². The van der Waals surface area contributed by atoms with Crippen LogP contribution in [0.2, 0.25) is 0 Å². The van der Waals surface area contributed by atoms with Crippen molar-refractivity contribution in [1.82, 2.24) is 10.2 Å². The van der Waals surface area contributed by atoms with Crippen LogP contribution in [0.25, 0.3) is 0 Å². The van der Waals surface area contributed by atoms with Gasteiger partial charge in [0.1, 0.15) is 0 Å². The van der Waals surface area contributed by atoms with Crippen LogP contribution in [0, 0.1) is 11.3 Å². The van der Waals surface area contributed by atoms with Crippen molar-refractivity contribution in [2.45, 2.75) is 45.2 Å². The monoisotopic (exact) mass is 209 g/mol. The van der Waals surface area contributed by atoms with Crippen molar-refractivity contribution >= 4 is 5.91 Å². The molecule has 0 aromatic rings. The van der Waals surface area contributed by atoms with Crippen LogP contribution in [-0.2, 0) is 4.79 Å². The standard InChI is InChI=1S/C11H19N3O/c1-9(2)14(8-6-12)7-5-11(15)13-10-3-4-10/h9-10H,3-5,7-8H2,1-2H3,(H,13,15). The van der Waals surface area contributed by atoms with E-state index in [1.165, 1.54) is 0 Å². The largest absolute Gasteiger partial charge is 0.353 e. The van der Waals surface area contributed by atoms with E-state index in [9.17, 15) is 4.79 Å². The van der Waals surface area contributed by atoms with Gasteiger partial charge < -0.3 is 5.32 Å². The summed E-state index contributed by atoms with van der Waals surface area (Å²) >= 11 is 0. The van der Waals surface area contributed by atoms with Gasteiger partial charge in [0.15, 0.2) is 0 Å². The van der Waals surface area contributed by atoms with E-state index >= 15 is 0 Å². The second-order valence-electron chi connectivity index (χ2n) is 4.31. The maximum atomic E-state index is 11.4. The number of amides is 1. The average Bonchev–Trinajstić information content (AvgIpc) is 2.95. The molecule has 0 spiro atoms. The molecule has 0 radical (unpaired) electrons. The molecule has 84 valence electrons. The fourth-order valence-electron chi connectivity index (χ4n) is 1.38. The van der Waals surface area contributed by atoms with E-state index in [1.54, 1.807) is 0 Å². The number of carbonyl (C=O) groups is 1. The third kappa shape index (κ3) is 4.80. The Morgan fingerprint density at radius 1 is 1.60 bits per heavy atom. The molecule has 0 atom stereocenters. The lowest BCUT2D eigenvalue weighted by Gasteiger charge is -2.22. The minimum atomic E-state index is 0.112. The van der Waals surface area contributed by atoms with Gasteiger partial charge in [0.05, 0.1) is 12.6 Å². The van der Waals surface area contributed by atoms with Crippen molar-refractivity contribution < 1.29 is 4.79 Å². The first-order chi connectivity index (χ1) is 7.13. The quantitative estimate of drug-likeness (QED) is 0.661. The van der Waals surface area contributed by atoms with E-state index in [1.807, 2.05) is 18.7 Å². The smallest absolute Gasteiger partial charge is 0.221 e. The summed E-state index contributed by atoms with van der Waals surface area (Å²) in [5, 5.41) is 11.6. The third-order valence-electron chi connectivity index (χ3n) is 2.57. The third-order valence-corrected chi connectivity index (χ3v) is 2.57. The van der Waals surface area contributed by atoms with Crippen LogP contribution in [0.5, 0.6) is 0 Å². The molecule has 1 fully saturated rings. The summed E-state index contributed by atoms with van der Waals surface area (Å²) in [7, 11) is 0. The molecule has 0 aromatic heterocycles. The van der Waals surface area contributed by atoms with E-state index < -0.39 is 0 Å². The van der Waals surface area contributed by atoms with Crippen LogP contribution in [-0.4, -0.2) is 36.0 Å². The zero-order chi connectivity index (χ0) is 11.3. The van der Waals surface area contributed by atoms with Gasteiger partial charge in [-0.1, -0.05) is 0 Å². The summed E-state index contributed by atoms with van der Waals surface area (Å²) in [5.41, 5.74) is 0. The molecule has 4 heteroatoms. The van der Waals surface area contributed by atoms with Gasteiger partial charge in [-0.05, 0) is 26.7 Å². The normalized spacial score (nSPS) is 15.4. The molecular formula is C11H19N3O. The lowest BCUT2D eigenvalue weighted by Crippen LogP contribution is -2.36. The average molecular weight is 209 g/mol. The minimum absolute atomic E-state index is 0.112. The molecule has 15 heavy (non-hydrogen) atoms. The van der Waals surface area contributed by atoms with Crippen LogP contribution in [0.15, 0.2) is 0 Å². The Morgan fingerprint density at radius 2 is 2.27 bits per heavy atom. The molecule has 0 unspecified atom stereocenters. The highest BCUT2D eigenvalue weighted by atomic mass is 16.1. The van der Waals surface area contributed by atoms with Crippen molar-refractivity contribution in [3.8, 4) is 6.07 Å². The van der Waals surface area contributed by atoms with Crippen molar-refractivity contribution in [3.63, 3.8) is 0 Å². The molecule has 0 saturated heterocycles. The summed E-state index contributed by atoms with van der Waals surface area (Å²) in [4.78, 5) is 13.4. The SMILES string of the molecule is CC(C)N(CC#N)CCC(=O)NC1CC1. The molecule has 1 aliphatic rings. The number of carbonyl (C=O) groups excluding carboxylic acids is 1. The topological polar surface area (TPSA) is 56.1 Å². The van der Waals surface area contributed by atoms with Crippen molar-refractivity contribution in [2.75, 3.05) is 13.1 Å². The Kier molecular flexibility index (Phi) is 4.57. The summed E-state index contributed by atoms with van der Waals surface area (Å²) < 4.78 is 0. The van der Waals surface area contributed by atoms with Crippen molar-refractivity contribution in [3.05, 3.63) is 0 Å². The summed E-state index contributed by atoms with van der Waals surface area (Å²) in [6.07, 6.45) is 2.74. The second kappa shape index (κ2) is 5.72. The van der Waals surface area contributed by atoms with Gasteiger partial charge in [0.25, 0.3) is 0 Å². The molecule has 0 aromatic carbocycles. The van der Waals surface area contributed by atoms with Crippen molar-refractivity contribution in [1.29, 1.82) is 5.26 Å². The lowest BCUT2D eigenvalue weighted by atomic mass is 10.2. The number of nitriles is 1. The summed E-state index contributed by atoms with van der Waals surface area (Å²) in [6.45, 7) is 5.14. The molecule has 1 rings (SSSR count). The Balaban J connectivity index is 2.19. The maximum Gasteiger partial charge on any atom is 0.221 e. The maximum absolute atomic E-state index is 11.4. The Labute approximate surface area is 91.2 Å². The first-order valence-electron chi connectivity index (χ1n) is 5.54. The van der Waals surface area contributed by atoms with Gasteiger partial charge in [-0.3, -0.25) is 9.69 Å². The predicted molar refractivity (Wildman–Crippen MR) is 58.1 cm³/mol. The van der Waals surface area contributed by atoms with Gasteiger partial charge in [-0.2, -0.15) is 5.26 Å². The van der Waals surface area contributed by atoms with E-state index in [4.69, 9.17) is 5.26 Å². The molecule has 0 heterocycles. The zero-order valence-electron chi connectivity index (χ0n) is 9.49. The minimum Gasteiger partial charge on any atom is -0.353 e. The molecule has 0 bridgehead atoms. The number of nitrogens with zero attached hydrogens (tertiary/aromatic N) is 2. The first kappa shape index (κ1) is 12.0. The molecule has 1 amide bonds. The lowest BCUT2D eigenvalue weighted by molar-refractivity contribution is -0.121. The molecule has 0 aliphatic heterocycles. The van der Waals surface area contributed by atoms with Gasteiger partial charge >= 0.3 is 0 Å². The fraction of sp³-hybridized carbons (Fsp3) is 0.818. The zero-order valence-corrected chi connectivity index (χ0v) is 9.49. The summed E-state index contributed by atoms with van der Waals surface area (Å²) in [5.74, 6) is 0.112. The molecule has 4 nitrogen and oxygen atoms in total. The first-order valence-corrected chi connectivity index (χ1v) is 5.54. The van der Waals surface area contributed by atoms with E-state index in [2.05, 4.69) is 11.4 Å². The Bertz CT molecular complexity index is 253. The molecule has 1 N–H and O–H groups in total. The Morgan fingerprint density at radius 3 is 2.73 bits per heavy atom. The van der Waals surface area contributed by atoms with Gasteiger partial charge in [0.2, 0.25) is 5.91 Å². The van der Waals surface area contributed by atoms with Crippen LogP contribution in [0.4, 0.5) is 0 Å². The van der Waals surface area contributed by atoms with Gasteiger partial charge in [-0.15, -0.1) is 0 Å². The number of hydrogen-bond donors (Lipinski definition) is 1. The fourth-order valence-corrected chi connectivity index (χ4v) is 1.38. The molecule has 1 saturated carbocycles. The summed E-state index contributed by atoms with van der Waals surface area (Å²) in [6, 6.07) is 2.87. The van der Waals surface area contributed by atoms with E-state index in [0.717, 1.165) is 12.8 Å². The highest BCUT2D eigenvalue weighted by Crippen LogP contribution is 2.18. The van der Waals surface area contributed by atoms with Gasteiger partial charge in [-0.25, -0.2) is 0 Å². The van der Waals surface area contributed by atoms with Gasteiger partial charge in [0, 0.05) is 25.0 Å². The van der Waals surface area contributed by atoms with Crippen LogP contribution in [0.1, 0.15) is 33.1 Å². The van der Waals surface area contributed by atoms with Crippen molar-refractivity contribution in [2.24, 2.45) is 0 Å². The molecular weight excluding hydrogens is 190 g/mol. The molecule has 1 aliphatic carbocycles. The number of hydrogen-bond acceptors (Lipinski definition) is 3. The van der Waals surface area contributed by atoms with Crippen LogP contribution < -0.4 is 5.32 Å². The van der Waals surface area contributed by atoms with E-state index in [-0.39, 0.29) is 5.91 Å². The number of rotatable bonds is 6.